The zero-order valence-corrected chi connectivity index (χ0v) is 25.6. The number of nitrogens with zero attached hydrogens (tertiary/aromatic N) is 2. The second kappa shape index (κ2) is 13.8. The summed E-state index contributed by atoms with van der Waals surface area (Å²) in [6.07, 6.45) is 4.61. The van der Waals surface area contributed by atoms with Crippen LogP contribution in [0, 0.1) is 0 Å². The highest BCUT2D eigenvalue weighted by Gasteiger charge is 2.35. The Balaban J connectivity index is 1.43. The quantitative estimate of drug-likeness (QED) is 0.198. The van der Waals surface area contributed by atoms with Crippen molar-refractivity contribution >= 4 is 28.5 Å². The van der Waals surface area contributed by atoms with Crippen LogP contribution in [0.3, 0.4) is 0 Å². The zero-order valence-electron chi connectivity index (χ0n) is 25.6. The lowest BCUT2D eigenvalue weighted by Crippen LogP contribution is -2.53. The third-order valence-corrected chi connectivity index (χ3v) is 8.23. The minimum atomic E-state index is -0.823. The number of anilines is 1. The third-order valence-electron chi connectivity index (χ3n) is 8.23. The summed E-state index contributed by atoms with van der Waals surface area (Å²) in [6.45, 7) is 5.78. The van der Waals surface area contributed by atoms with E-state index in [0.717, 1.165) is 47.8 Å². The Morgan fingerprint density at radius 2 is 1.81 bits per heavy atom. The van der Waals surface area contributed by atoms with Gasteiger partial charge in [-0.15, -0.1) is 0 Å². The number of amides is 3. The molecule has 3 unspecified atom stereocenters. The molecule has 0 bridgehead atoms. The summed E-state index contributed by atoms with van der Waals surface area (Å²) in [7, 11) is 4.01. The first kappa shape index (κ1) is 30.2. The average Bonchev–Trinajstić information content (AvgIpc) is 3.64. The normalized spacial score (nSPS) is 16.3. The fourth-order valence-electron chi connectivity index (χ4n) is 6.12. The molecule has 1 saturated heterocycles. The van der Waals surface area contributed by atoms with Gasteiger partial charge in [-0.1, -0.05) is 61.5 Å². The number of rotatable bonds is 11. The highest BCUT2D eigenvalue weighted by atomic mass is 16.5. The van der Waals surface area contributed by atoms with E-state index in [-0.39, 0.29) is 23.9 Å². The van der Waals surface area contributed by atoms with Crippen molar-refractivity contribution in [2.24, 2.45) is 0 Å². The van der Waals surface area contributed by atoms with E-state index >= 15 is 0 Å². The van der Waals surface area contributed by atoms with Crippen LogP contribution in [0.5, 0.6) is 5.75 Å². The smallest absolute Gasteiger partial charge is 0.318 e. The molecule has 8 heteroatoms. The van der Waals surface area contributed by atoms with Gasteiger partial charge in [-0.25, -0.2) is 4.79 Å². The van der Waals surface area contributed by atoms with Crippen molar-refractivity contribution in [3.05, 3.63) is 95.7 Å². The Labute approximate surface area is 254 Å². The number of carbonyl (C=O) groups is 2. The zero-order chi connectivity index (χ0) is 30.3. The highest BCUT2D eigenvalue weighted by molar-refractivity contribution is 5.99. The minimum Gasteiger partial charge on any atom is -0.492 e. The van der Waals surface area contributed by atoms with Gasteiger partial charge in [0, 0.05) is 42.1 Å². The van der Waals surface area contributed by atoms with Crippen LogP contribution in [0.1, 0.15) is 49.3 Å². The molecule has 0 spiro atoms. The molecule has 0 radical (unpaired) electrons. The van der Waals surface area contributed by atoms with Crippen molar-refractivity contribution in [2.45, 2.75) is 57.7 Å². The van der Waals surface area contributed by atoms with E-state index in [9.17, 15) is 9.59 Å². The number of carbonyl (C=O) groups excluding carboxylic acids is 2. The number of likely N-dealkylation sites (tertiary alicyclic amines) is 1. The van der Waals surface area contributed by atoms with Crippen LogP contribution < -0.4 is 15.4 Å². The number of ether oxygens (including phenoxy) is 1. The summed E-state index contributed by atoms with van der Waals surface area (Å²) in [5, 5.41) is 7.31. The molecule has 3 aromatic carbocycles. The summed E-state index contributed by atoms with van der Waals surface area (Å²) in [5.41, 5.74) is 4.82. The second-order valence-electron chi connectivity index (χ2n) is 11.7. The van der Waals surface area contributed by atoms with Gasteiger partial charge in [0.2, 0.25) is 5.91 Å². The number of benzene rings is 3. The summed E-state index contributed by atoms with van der Waals surface area (Å²) < 4.78 is 5.87. The number of para-hydroxylation sites is 1. The fourth-order valence-corrected chi connectivity index (χ4v) is 6.12. The highest BCUT2D eigenvalue weighted by Crippen LogP contribution is 2.31. The number of urea groups is 1. The molecular weight excluding hydrogens is 538 g/mol. The first-order valence-electron chi connectivity index (χ1n) is 15.2. The van der Waals surface area contributed by atoms with E-state index in [4.69, 9.17) is 4.74 Å². The number of H-pyrrole nitrogens is 1. The molecule has 3 N–H and O–H groups in total. The lowest BCUT2D eigenvalue weighted by atomic mass is 9.92. The molecule has 1 aromatic heterocycles. The molecule has 1 aliphatic heterocycles. The molecule has 226 valence electrons. The average molecular weight is 582 g/mol. The number of nitrogens with one attached hydrogen (secondary N) is 3. The molecule has 0 aliphatic carbocycles. The fraction of sp³-hybridized carbons (Fsp3) is 0.371. The summed E-state index contributed by atoms with van der Waals surface area (Å²) in [5.74, 6) is 0.00863. The first-order chi connectivity index (χ1) is 20.8. The van der Waals surface area contributed by atoms with Gasteiger partial charge in [0.05, 0.1) is 12.3 Å². The molecule has 2 heterocycles. The third kappa shape index (κ3) is 7.20. The number of aromatic amines is 1. The maximum absolute atomic E-state index is 14.2. The van der Waals surface area contributed by atoms with Crippen LogP contribution in [0.25, 0.3) is 10.9 Å². The molecule has 3 amide bonds. The monoisotopic (exact) mass is 581 g/mol. The van der Waals surface area contributed by atoms with Crippen LogP contribution in [0.2, 0.25) is 0 Å². The van der Waals surface area contributed by atoms with Crippen molar-refractivity contribution in [3.8, 4) is 5.75 Å². The van der Waals surface area contributed by atoms with Crippen LogP contribution in [0.15, 0.2) is 79.0 Å². The van der Waals surface area contributed by atoms with Gasteiger partial charge in [-0.3, -0.25) is 4.79 Å². The van der Waals surface area contributed by atoms with Crippen molar-refractivity contribution in [2.75, 3.05) is 32.6 Å². The largest absolute Gasteiger partial charge is 0.492 e. The standard InChI is InChI=1S/C35H43N5O3/c1-5-43-32-18-17-26(23-39(3)4)21-31(32)37-34(41)33(24(2)29-22-36-30-16-10-9-15-28(29)30)38-35(42)40-19-11-14-27(40)20-25-12-7-6-8-13-25/h6-10,12-13,15-18,21-22,24,27,33,36H,5,11,14,19-20,23H2,1-4H3,(H,37,41)(H,38,42). The predicted molar refractivity (Wildman–Crippen MR) is 173 cm³/mol. The van der Waals surface area contributed by atoms with E-state index in [1.165, 1.54) is 5.56 Å². The Hall–Kier alpha value is -4.30. The van der Waals surface area contributed by atoms with Gasteiger partial charge in [-0.2, -0.15) is 0 Å². The summed E-state index contributed by atoms with van der Waals surface area (Å²) in [6, 6.07) is 23.2. The molecule has 4 aromatic rings. The molecule has 5 rings (SSSR count). The van der Waals surface area contributed by atoms with Gasteiger partial charge >= 0.3 is 6.03 Å². The lowest BCUT2D eigenvalue weighted by Gasteiger charge is -2.30. The van der Waals surface area contributed by atoms with Gasteiger partial charge in [-0.05, 0) is 75.2 Å². The Bertz CT molecular complexity index is 1530. The Morgan fingerprint density at radius 3 is 2.58 bits per heavy atom. The van der Waals surface area contributed by atoms with Crippen LogP contribution in [0.4, 0.5) is 10.5 Å². The number of fused-ring (bicyclic) bond motifs is 1. The van der Waals surface area contributed by atoms with Gasteiger partial charge in [0.15, 0.2) is 0 Å². The van der Waals surface area contributed by atoms with Crippen molar-refractivity contribution in [1.82, 2.24) is 20.1 Å². The summed E-state index contributed by atoms with van der Waals surface area (Å²) >= 11 is 0. The molecular formula is C35H43N5O3. The van der Waals surface area contributed by atoms with Crippen molar-refractivity contribution < 1.29 is 14.3 Å². The molecule has 1 aliphatic rings. The minimum absolute atomic E-state index is 0.0850. The molecule has 8 nitrogen and oxygen atoms in total. The van der Waals surface area contributed by atoms with E-state index in [2.05, 4.69) is 32.7 Å². The summed E-state index contributed by atoms with van der Waals surface area (Å²) in [4.78, 5) is 35.4. The van der Waals surface area contributed by atoms with Crippen LogP contribution in [-0.4, -0.2) is 66.1 Å². The van der Waals surface area contributed by atoms with Crippen LogP contribution >= 0.6 is 0 Å². The maximum Gasteiger partial charge on any atom is 0.318 e. The molecule has 3 atom stereocenters. The predicted octanol–water partition coefficient (Wildman–Crippen LogP) is 6.16. The molecule has 0 saturated carbocycles. The first-order valence-corrected chi connectivity index (χ1v) is 15.2. The maximum atomic E-state index is 14.2. The van der Waals surface area contributed by atoms with E-state index < -0.39 is 6.04 Å². The number of hydrogen-bond acceptors (Lipinski definition) is 4. The number of hydrogen-bond donors (Lipinski definition) is 3. The topological polar surface area (TPSA) is 89.7 Å². The second-order valence-corrected chi connectivity index (χ2v) is 11.7. The Morgan fingerprint density at radius 1 is 1.05 bits per heavy atom. The Kier molecular flexibility index (Phi) is 9.67. The van der Waals surface area contributed by atoms with E-state index in [1.807, 2.05) is 99.7 Å². The molecule has 43 heavy (non-hydrogen) atoms. The van der Waals surface area contributed by atoms with Gasteiger partial charge < -0.3 is 30.2 Å². The number of aromatic nitrogens is 1. The van der Waals surface area contributed by atoms with E-state index in [1.54, 1.807) is 0 Å². The van der Waals surface area contributed by atoms with Crippen LogP contribution in [-0.2, 0) is 17.8 Å². The van der Waals surface area contributed by atoms with Gasteiger partial charge in [0.25, 0.3) is 0 Å². The SMILES string of the molecule is CCOc1ccc(CN(C)C)cc1NC(=O)C(NC(=O)N1CCCC1Cc1ccccc1)C(C)c1c[nH]c2ccccc12. The van der Waals surface area contributed by atoms with Gasteiger partial charge in [0.1, 0.15) is 11.8 Å². The molecule has 1 fully saturated rings. The van der Waals surface area contributed by atoms with Crippen molar-refractivity contribution in [1.29, 1.82) is 0 Å². The lowest BCUT2D eigenvalue weighted by molar-refractivity contribution is -0.118. The van der Waals surface area contributed by atoms with Crippen molar-refractivity contribution in [3.63, 3.8) is 0 Å². The van der Waals surface area contributed by atoms with E-state index in [0.29, 0.717) is 24.6 Å².